The van der Waals surface area contributed by atoms with Crippen LogP contribution >= 0.6 is 0 Å². The molecule has 5 nitrogen and oxygen atoms in total. The Labute approximate surface area is 250 Å². The van der Waals surface area contributed by atoms with Crippen LogP contribution in [0.5, 0.6) is 5.75 Å². The van der Waals surface area contributed by atoms with E-state index >= 15 is 0 Å². The topological polar surface area (TPSA) is 74.7 Å². The Kier molecular flexibility index (Phi) is 16.5. The van der Waals surface area contributed by atoms with E-state index in [1.165, 1.54) is 25.0 Å². The molecule has 3 N–H and O–H groups in total. The van der Waals surface area contributed by atoms with Crippen LogP contribution < -0.4 is 10.5 Å². The lowest BCUT2D eigenvalue weighted by atomic mass is 9.94. The fourth-order valence-corrected chi connectivity index (χ4v) is 4.59. The van der Waals surface area contributed by atoms with Crippen LogP contribution in [0.2, 0.25) is 0 Å². The van der Waals surface area contributed by atoms with Gasteiger partial charge in [-0.15, -0.1) is 0 Å². The summed E-state index contributed by atoms with van der Waals surface area (Å²) in [5, 5.41) is 7.75. The highest BCUT2D eigenvalue weighted by molar-refractivity contribution is 5.97. The highest BCUT2D eigenvalue weighted by atomic mass is 19.4. The van der Waals surface area contributed by atoms with E-state index in [2.05, 4.69) is 19.6 Å². The molecule has 0 spiro atoms. The molecule has 232 valence electrons. The Balaban J connectivity index is 0.00000211. The van der Waals surface area contributed by atoms with Crippen molar-refractivity contribution in [1.82, 2.24) is 4.90 Å². The lowest BCUT2D eigenvalue weighted by Crippen LogP contribution is -2.38. The normalized spacial score (nSPS) is 16.4. The number of ether oxygens (including phenoxy) is 1. The van der Waals surface area contributed by atoms with Gasteiger partial charge in [-0.05, 0) is 76.3 Å². The number of hydrogen-bond donors (Lipinski definition) is 2. The lowest BCUT2D eigenvalue weighted by Gasteiger charge is -2.27. The van der Waals surface area contributed by atoms with E-state index in [1.807, 2.05) is 62.1 Å². The first-order valence-corrected chi connectivity index (χ1v) is 14.8. The Morgan fingerprint density at radius 2 is 1.83 bits per heavy atom. The molecule has 3 rings (SSSR count). The second-order valence-corrected chi connectivity index (χ2v) is 9.70. The predicted molar refractivity (Wildman–Crippen MR) is 172 cm³/mol. The molecule has 1 aliphatic rings. The molecular weight excluding hydrogens is 537 g/mol. The van der Waals surface area contributed by atoms with Gasteiger partial charge >= 0.3 is 6.18 Å². The van der Waals surface area contributed by atoms with Crippen molar-refractivity contribution in [2.24, 2.45) is 16.6 Å². The first kappa shape index (κ1) is 36.6. The van der Waals surface area contributed by atoms with E-state index < -0.39 is 11.7 Å². The van der Waals surface area contributed by atoms with Gasteiger partial charge in [-0.25, -0.2) is 0 Å². The molecule has 42 heavy (non-hydrogen) atoms. The van der Waals surface area contributed by atoms with Gasteiger partial charge < -0.3 is 15.4 Å². The molecule has 0 amide bonds. The third-order valence-corrected chi connectivity index (χ3v) is 6.95. The zero-order valence-corrected chi connectivity index (χ0v) is 26.3. The van der Waals surface area contributed by atoms with Gasteiger partial charge in [0.05, 0.1) is 30.2 Å². The Morgan fingerprint density at radius 3 is 2.40 bits per heavy atom. The van der Waals surface area contributed by atoms with Crippen molar-refractivity contribution in [3.05, 3.63) is 76.9 Å². The summed E-state index contributed by atoms with van der Waals surface area (Å²) in [7, 11) is 1.50. The van der Waals surface area contributed by atoms with Crippen molar-refractivity contribution in [2.75, 3.05) is 20.2 Å². The average Bonchev–Trinajstić information content (AvgIpc) is 3.48. The lowest BCUT2D eigenvalue weighted by molar-refractivity contribution is -0.138. The SMILES string of the molecule is C/C=C(\N=C(C(C)CC)C1CCCN1C=N)c1ccc(OCC/C=C/c2ccc(C)cc2)c(C(F)(F)F)c1.CC.CN. The number of allylic oxidation sites excluding steroid dienone is 1. The molecule has 1 saturated heterocycles. The summed E-state index contributed by atoms with van der Waals surface area (Å²) in [6.45, 7) is 12.9. The zero-order valence-electron chi connectivity index (χ0n) is 26.3. The number of aliphatic imine (C=N–C) groups is 1. The summed E-state index contributed by atoms with van der Waals surface area (Å²) in [6, 6.07) is 12.2. The standard InChI is InChI=1S/C31H38F3N3O.C2H6.CH5N/c1-5-23(4)30(28-11-9-18-37(28)21-35)36-27(6-2)25-16-17-29(26(20-25)31(32,33)34)38-19-8-7-10-24-14-12-22(3)13-15-24;2*1-2/h6-7,10,12-17,20-21,23,28,35H,5,8-9,11,18-19H2,1-4H3;1-2H3;2H2,1H3/b10-7+,27-6-,35-21?,36-30?;;. The van der Waals surface area contributed by atoms with Crippen molar-refractivity contribution >= 4 is 23.8 Å². The van der Waals surface area contributed by atoms with Gasteiger partial charge in [0.25, 0.3) is 0 Å². The minimum absolute atomic E-state index is 0.00458. The number of benzene rings is 2. The van der Waals surface area contributed by atoms with E-state index in [-0.39, 0.29) is 24.3 Å². The van der Waals surface area contributed by atoms with Gasteiger partial charge in [0.15, 0.2) is 0 Å². The molecule has 8 heteroatoms. The van der Waals surface area contributed by atoms with Gasteiger partial charge in [-0.3, -0.25) is 10.4 Å². The van der Waals surface area contributed by atoms with Crippen LogP contribution in [0.3, 0.4) is 0 Å². The molecule has 2 aromatic carbocycles. The zero-order chi connectivity index (χ0) is 31.7. The second-order valence-electron chi connectivity index (χ2n) is 9.70. The van der Waals surface area contributed by atoms with Crippen LogP contribution in [0.4, 0.5) is 13.2 Å². The summed E-state index contributed by atoms with van der Waals surface area (Å²) >= 11 is 0. The summed E-state index contributed by atoms with van der Waals surface area (Å²) in [5.74, 6) is -0.0366. The molecular formula is C34H49F3N4O. The summed E-state index contributed by atoms with van der Waals surface area (Å²) < 4.78 is 47.7. The van der Waals surface area contributed by atoms with Crippen LogP contribution in [-0.4, -0.2) is 43.2 Å². The second kappa shape index (κ2) is 18.9. The third-order valence-electron chi connectivity index (χ3n) is 6.95. The van der Waals surface area contributed by atoms with Crippen LogP contribution in [0.15, 0.2) is 59.6 Å². The Bertz CT molecular complexity index is 1170. The Morgan fingerprint density at radius 1 is 1.17 bits per heavy atom. The minimum Gasteiger partial charge on any atom is -0.493 e. The number of aryl methyl sites for hydroxylation is 1. The van der Waals surface area contributed by atoms with E-state index in [0.717, 1.165) is 43.1 Å². The van der Waals surface area contributed by atoms with Crippen LogP contribution in [0.1, 0.15) is 82.6 Å². The molecule has 1 heterocycles. The maximum absolute atomic E-state index is 14.0. The number of likely N-dealkylation sites (tertiary alicyclic amines) is 1. The maximum atomic E-state index is 14.0. The molecule has 0 bridgehead atoms. The molecule has 2 aromatic rings. The molecule has 1 aliphatic heterocycles. The van der Waals surface area contributed by atoms with Crippen molar-refractivity contribution in [2.45, 2.75) is 79.4 Å². The van der Waals surface area contributed by atoms with Crippen LogP contribution in [0, 0.1) is 18.3 Å². The molecule has 0 saturated carbocycles. The minimum atomic E-state index is -4.56. The smallest absolute Gasteiger partial charge is 0.419 e. The van der Waals surface area contributed by atoms with E-state index in [0.29, 0.717) is 17.7 Å². The van der Waals surface area contributed by atoms with Crippen molar-refractivity contribution in [3.63, 3.8) is 0 Å². The highest BCUT2D eigenvalue weighted by Crippen LogP contribution is 2.38. The number of nitrogens with one attached hydrogen (secondary N) is 1. The quantitative estimate of drug-likeness (QED) is 0.157. The molecule has 2 atom stereocenters. The van der Waals surface area contributed by atoms with Gasteiger partial charge in [0.1, 0.15) is 5.75 Å². The van der Waals surface area contributed by atoms with E-state index in [1.54, 1.807) is 19.1 Å². The van der Waals surface area contributed by atoms with Crippen molar-refractivity contribution < 1.29 is 17.9 Å². The van der Waals surface area contributed by atoms with E-state index in [9.17, 15) is 13.2 Å². The third kappa shape index (κ3) is 10.8. The first-order valence-electron chi connectivity index (χ1n) is 14.8. The summed E-state index contributed by atoms with van der Waals surface area (Å²) in [6.07, 6.45) is 5.55. The number of hydrogen-bond acceptors (Lipinski definition) is 4. The monoisotopic (exact) mass is 586 g/mol. The fraction of sp³-hybridized carbons (Fsp3) is 0.471. The molecule has 0 aliphatic carbocycles. The van der Waals surface area contributed by atoms with Crippen LogP contribution in [-0.2, 0) is 6.18 Å². The first-order chi connectivity index (χ1) is 20.2. The van der Waals surface area contributed by atoms with Crippen molar-refractivity contribution in [3.8, 4) is 5.75 Å². The number of nitrogens with two attached hydrogens (primary N) is 1. The molecule has 2 unspecified atom stereocenters. The van der Waals surface area contributed by atoms with Gasteiger partial charge in [0, 0.05) is 17.8 Å². The van der Waals surface area contributed by atoms with E-state index in [4.69, 9.17) is 15.1 Å². The molecule has 0 radical (unpaired) electrons. The van der Waals surface area contributed by atoms with Gasteiger partial charge in [0.2, 0.25) is 0 Å². The van der Waals surface area contributed by atoms with Gasteiger partial charge in [-0.1, -0.05) is 75.8 Å². The number of nitrogens with zero attached hydrogens (tertiary/aromatic N) is 2. The highest BCUT2D eigenvalue weighted by Gasteiger charge is 2.35. The molecule has 0 aromatic heterocycles. The van der Waals surface area contributed by atoms with Gasteiger partial charge in [-0.2, -0.15) is 13.2 Å². The number of rotatable bonds is 11. The largest absolute Gasteiger partial charge is 0.493 e. The number of halogens is 3. The number of alkyl halides is 3. The average molecular weight is 587 g/mol. The molecule has 1 fully saturated rings. The summed E-state index contributed by atoms with van der Waals surface area (Å²) in [5.41, 5.74) is 7.70. The predicted octanol–water partition coefficient (Wildman–Crippen LogP) is 9.02. The Hall–Kier alpha value is -3.39. The fourth-order valence-electron chi connectivity index (χ4n) is 4.59. The maximum Gasteiger partial charge on any atom is 0.419 e. The van der Waals surface area contributed by atoms with Crippen molar-refractivity contribution in [1.29, 1.82) is 5.41 Å². The summed E-state index contributed by atoms with van der Waals surface area (Å²) in [4.78, 5) is 6.87. The van der Waals surface area contributed by atoms with Crippen LogP contribution in [0.25, 0.3) is 11.8 Å².